The molecule has 0 fully saturated rings. The van der Waals surface area contributed by atoms with Crippen LogP contribution >= 0.6 is 0 Å². The number of aryl methyl sites for hydroxylation is 1. The summed E-state index contributed by atoms with van der Waals surface area (Å²) in [6, 6.07) is 5.71. The maximum atomic E-state index is 5.85. The Kier molecular flexibility index (Phi) is 4.06. The molecule has 1 heterocycles. The molecular formula is C14H19N3O2. The highest BCUT2D eigenvalue weighted by Crippen LogP contribution is 2.30. The highest BCUT2D eigenvalue weighted by Gasteiger charge is 2.09. The molecule has 1 aromatic heterocycles. The number of aromatic nitrogens is 2. The minimum Gasteiger partial charge on any atom is -0.493 e. The van der Waals surface area contributed by atoms with Crippen molar-refractivity contribution in [3.63, 3.8) is 0 Å². The van der Waals surface area contributed by atoms with Crippen molar-refractivity contribution < 1.29 is 9.47 Å². The highest BCUT2D eigenvalue weighted by atomic mass is 16.5. The third kappa shape index (κ3) is 3.06. The molecule has 102 valence electrons. The first-order valence-corrected chi connectivity index (χ1v) is 6.13. The number of nitrogens with two attached hydrogens (primary N) is 1. The van der Waals surface area contributed by atoms with Crippen LogP contribution in [-0.2, 0) is 13.7 Å². The molecule has 1 unspecified atom stereocenters. The van der Waals surface area contributed by atoms with Crippen LogP contribution in [0.25, 0.3) is 0 Å². The summed E-state index contributed by atoms with van der Waals surface area (Å²) in [7, 11) is 3.55. The molecule has 5 nitrogen and oxygen atoms in total. The number of hydrogen-bond donors (Lipinski definition) is 1. The summed E-state index contributed by atoms with van der Waals surface area (Å²) in [6.07, 6.45) is 3.53. The van der Waals surface area contributed by atoms with Gasteiger partial charge in [-0.1, -0.05) is 6.07 Å². The standard InChI is InChI=1S/C14H19N3O2/c1-10(15)11-4-5-13(14(6-11)18-3)19-8-12-7-16-9-17(12)2/h4-7,9-10H,8,15H2,1-3H3. The van der Waals surface area contributed by atoms with E-state index >= 15 is 0 Å². The lowest BCUT2D eigenvalue weighted by Gasteiger charge is -2.13. The minimum atomic E-state index is -0.0278. The fourth-order valence-corrected chi connectivity index (χ4v) is 1.76. The molecule has 2 N–H and O–H groups in total. The Morgan fingerprint density at radius 2 is 2.16 bits per heavy atom. The van der Waals surface area contributed by atoms with Gasteiger partial charge in [0.1, 0.15) is 6.61 Å². The van der Waals surface area contributed by atoms with Gasteiger partial charge in [-0.2, -0.15) is 0 Å². The quantitative estimate of drug-likeness (QED) is 0.894. The molecule has 1 aromatic carbocycles. The Hall–Kier alpha value is -2.01. The molecule has 0 saturated carbocycles. The third-order valence-corrected chi connectivity index (χ3v) is 3.01. The van der Waals surface area contributed by atoms with Crippen LogP contribution < -0.4 is 15.2 Å². The molecule has 0 bridgehead atoms. The van der Waals surface area contributed by atoms with E-state index in [2.05, 4.69) is 4.98 Å². The fourth-order valence-electron chi connectivity index (χ4n) is 1.76. The van der Waals surface area contributed by atoms with Gasteiger partial charge in [0.15, 0.2) is 11.5 Å². The second-order valence-corrected chi connectivity index (χ2v) is 4.48. The number of ether oxygens (including phenoxy) is 2. The highest BCUT2D eigenvalue weighted by molar-refractivity contribution is 5.43. The van der Waals surface area contributed by atoms with Crippen LogP contribution in [0.2, 0.25) is 0 Å². The molecule has 1 atom stereocenters. The van der Waals surface area contributed by atoms with E-state index < -0.39 is 0 Å². The van der Waals surface area contributed by atoms with Crippen molar-refractivity contribution in [1.82, 2.24) is 9.55 Å². The van der Waals surface area contributed by atoms with Crippen LogP contribution in [0.1, 0.15) is 24.2 Å². The Morgan fingerprint density at radius 3 is 2.74 bits per heavy atom. The van der Waals surface area contributed by atoms with Crippen LogP contribution in [-0.4, -0.2) is 16.7 Å². The molecule has 0 radical (unpaired) electrons. The zero-order valence-corrected chi connectivity index (χ0v) is 11.5. The Bertz CT molecular complexity index is 549. The summed E-state index contributed by atoms with van der Waals surface area (Å²) in [5, 5.41) is 0. The maximum absolute atomic E-state index is 5.85. The average molecular weight is 261 g/mol. The summed E-state index contributed by atoms with van der Waals surface area (Å²) in [6.45, 7) is 2.38. The van der Waals surface area contributed by atoms with Crippen LogP contribution in [0.15, 0.2) is 30.7 Å². The summed E-state index contributed by atoms with van der Waals surface area (Å²) >= 11 is 0. The molecule has 0 spiro atoms. The van der Waals surface area contributed by atoms with E-state index in [0.717, 1.165) is 11.3 Å². The first kappa shape index (κ1) is 13.4. The number of benzene rings is 1. The summed E-state index contributed by atoms with van der Waals surface area (Å²) < 4.78 is 13.0. The lowest BCUT2D eigenvalue weighted by atomic mass is 10.1. The Balaban J connectivity index is 2.14. The van der Waals surface area contributed by atoms with E-state index in [0.29, 0.717) is 18.1 Å². The van der Waals surface area contributed by atoms with Crippen LogP contribution in [0.5, 0.6) is 11.5 Å². The summed E-state index contributed by atoms with van der Waals surface area (Å²) in [4.78, 5) is 4.05. The largest absolute Gasteiger partial charge is 0.493 e. The van der Waals surface area contributed by atoms with Crippen molar-refractivity contribution in [2.45, 2.75) is 19.6 Å². The third-order valence-electron chi connectivity index (χ3n) is 3.01. The van der Waals surface area contributed by atoms with Crippen molar-refractivity contribution in [2.75, 3.05) is 7.11 Å². The number of nitrogens with zero attached hydrogens (tertiary/aromatic N) is 2. The van der Waals surface area contributed by atoms with Crippen LogP contribution in [0.3, 0.4) is 0 Å². The molecule has 0 aliphatic rings. The predicted octanol–water partition coefficient (Wildman–Crippen LogP) is 2.03. The van der Waals surface area contributed by atoms with Crippen molar-refractivity contribution >= 4 is 0 Å². The monoisotopic (exact) mass is 261 g/mol. The average Bonchev–Trinajstić information content (AvgIpc) is 2.81. The van der Waals surface area contributed by atoms with Gasteiger partial charge in [-0.05, 0) is 24.6 Å². The van der Waals surface area contributed by atoms with Gasteiger partial charge >= 0.3 is 0 Å². The number of methoxy groups -OCH3 is 1. The van der Waals surface area contributed by atoms with Gasteiger partial charge in [0.2, 0.25) is 0 Å². The first-order chi connectivity index (χ1) is 9.11. The Labute approximate surface area is 113 Å². The smallest absolute Gasteiger partial charge is 0.161 e. The molecule has 0 aliphatic carbocycles. The number of imidazole rings is 1. The molecule has 0 amide bonds. The van der Waals surface area contributed by atoms with Gasteiger partial charge in [-0.3, -0.25) is 0 Å². The molecule has 2 aromatic rings. The molecule has 0 aliphatic heterocycles. The maximum Gasteiger partial charge on any atom is 0.161 e. The van der Waals surface area contributed by atoms with E-state index in [4.69, 9.17) is 15.2 Å². The van der Waals surface area contributed by atoms with E-state index in [9.17, 15) is 0 Å². The second kappa shape index (κ2) is 5.75. The van der Waals surface area contributed by atoms with Gasteiger partial charge in [0.05, 0.1) is 25.3 Å². The number of rotatable bonds is 5. The van der Waals surface area contributed by atoms with Crippen LogP contribution in [0.4, 0.5) is 0 Å². The van der Waals surface area contributed by atoms with Crippen molar-refractivity contribution in [3.8, 4) is 11.5 Å². The SMILES string of the molecule is COc1cc(C(C)N)ccc1OCc1cncn1C. The molecule has 2 rings (SSSR count). The van der Waals surface area contributed by atoms with Crippen molar-refractivity contribution in [2.24, 2.45) is 12.8 Å². The number of hydrogen-bond acceptors (Lipinski definition) is 4. The molecule has 5 heteroatoms. The van der Waals surface area contributed by atoms with E-state index in [1.165, 1.54) is 0 Å². The normalized spacial score (nSPS) is 12.2. The zero-order chi connectivity index (χ0) is 13.8. The Morgan fingerprint density at radius 1 is 1.37 bits per heavy atom. The topological polar surface area (TPSA) is 62.3 Å². The summed E-state index contributed by atoms with van der Waals surface area (Å²) in [5.41, 5.74) is 7.87. The molecule has 19 heavy (non-hydrogen) atoms. The van der Waals surface area contributed by atoms with Crippen molar-refractivity contribution in [1.29, 1.82) is 0 Å². The zero-order valence-electron chi connectivity index (χ0n) is 11.5. The van der Waals surface area contributed by atoms with Gasteiger partial charge in [0, 0.05) is 13.1 Å². The van der Waals surface area contributed by atoms with E-state index in [1.807, 2.05) is 36.7 Å². The van der Waals surface area contributed by atoms with Gasteiger partial charge < -0.3 is 19.8 Å². The van der Waals surface area contributed by atoms with E-state index in [-0.39, 0.29) is 6.04 Å². The van der Waals surface area contributed by atoms with Gasteiger partial charge in [0.25, 0.3) is 0 Å². The van der Waals surface area contributed by atoms with Crippen molar-refractivity contribution in [3.05, 3.63) is 42.0 Å². The molecule has 0 saturated heterocycles. The minimum absolute atomic E-state index is 0.0278. The van der Waals surface area contributed by atoms with Gasteiger partial charge in [-0.25, -0.2) is 4.98 Å². The fraction of sp³-hybridized carbons (Fsp3) is 0.357. The summed E-state index contributed by atoms with van der Waals surface area (Å²) in [5.74, 6) is 1.39. The predicted molar refractivity (Wildman–Crippen MR) is 73.1 cm³/mol. The second-order valence-electron chi connectivity index (χ2n) is 4.48. The lowest BCUT2D eigenvalue weighted by molar-refractivity contribution is 0.277. The molecular weight excluding hydrogens is 242 g/mol. The lowest BCUT2D eigenvalue weighted by Crippen LogP contribution is -2.06. The van der Waals surface area contributed by atoms with E-state index in [1.54, 1.807) is 19.6 Å². The van der Waals surface area contributed by atoms with Gasteiger partial charge in [-0.15, -0.1) is 0 Å². The van der Waals surface area contributed by atoms with Crippen LogP contribution in [0, 0.1) is 0 Å². The first-order valence-electron chi connectivity index (χ1n) is 6.13.